The minimum atomic E-state index is -0.229. The topological polar surface area (TPSA) is 56.1 Å². The van der Waals surface area contributed by atoms with E-state index in [1.807, 2.05) is 0 Å². The summed E-state index contributed by atoms with van der Waals surface area (Å²) in [4.78, 5) is 16.0. The lowest BCUT2D eigenvalue weighted by atomic mass is 10.1. The Labute approximate surface area is 162 Å². The van der Waals surface area contributed by atoms with Crippen molar-refractivity contribution in [2.75, 3.05) is 11.9 Å². The maximum absolute atomic E-state index is 13.1. The van der Waals surface area contributed by atoms with Crippen LogP contribution in [-0.2, 0) is 24.2 Å². The minimum absolute atomic E-state index is 0.0452. The first-order chi connectivity index (χ1) is 13.1. The van der Waals surface area contributed by atoms with E-state index in [0.29, 0.717) is 29.6 Å². The number of rotatable bonds is 7. The van der Waals surface area contributed by atoms with Crippen molar-refractivity contribution >= 4 is 22.2 Å². The second-order valence-corrected chi connectivity index (χ2v) is 8.40. The molecule has 27 heavy (non-hydrogen) atoms. The molecule has 0 radical (unpaired) electrons. The zero-order valence-electron chi connectivity index (χ0n) is 15.1. The summed E-state index contributed by atoms with van der Waals surface area (Å²) in [6, 6.07) is 9.35. The summed E-state index contributed by atoms with van der Waals surface area (Å²) in [6.45, 7) is 1.40. The van der Waals surface area contributed by atoms with Gasteiger partial charge in [0.1, 0.15) is 16.9 Å². The van der Waals surface area contributed by atoms with Crippen LogP contribution in [0, 0.1) is 17.1 Å². The second-order valence-electron chi connectivity index (χ2n) is 7.30. The van der Waals surface area contributed by atoms with Crippen LogP contribution in [-0.4, -0.2) is 23.4 Å². The SMILES string of the molecule is N#Cc1c(NC(=O)CCN(Cc2ccc(F)cc2)C2CC2)sc2c1CCC2. The third-order valence-electron chi connectivity index (χ3n) is 5.27. The van der Waals surface area contributed by atoms with Gasteiger partial charge < -0.3 is 5.32 Å². The number of hydrogen-bond donors (Lipinski definition) is 1. The van der Waals surface area contributed by atoms with Gasteiger partial charge in [0.15, 0.2) is 0 Å². The van der Waals surface area contributed by atoms with Crippen molar-refractivity contribution in [1.82, 2.24) is 4.90 Å². The molecule has 140 valence electrons. The van der Waals surface area contributed by atoms with Crippen LogP contribution in [0.4, 0.5) is 9.39 Å². The molecule has 1 N–H and O–H groups in total. The number of aryl methyl sites for hydroxylation is 1. The Morgan fingerprint density at radius 1 is 1.30 bits per heavy atom. The van der Waals surface area contributed by atoms with E-state index in [4.69, 9.17) is 0 Å². The highest BCUT2D eigenvalue weighted by Crippen LogP contribution is 2.38. The van der Waals surface area contributed by atoms with Crippen molar-refractivity contribution in [3.05, 3.63) is 51.7 Å². The lowest BCUT2D eigenvalue weighted by molar-refractivity contribution is -0.116. The Morgan fingerprint density at radius 3 is 2.78 bits per heavy atom. The molecular weight excluding hydrogens is 361 g/mol. The summed E-state index contributed by atoms with van der Waals surface area (Å²) in [6.07, 6.45) is 5.75. The molecule has 1 aromatic carbocycles. The van der Waals surface area contributed by atoms with Gasteiger partial charge in [0, 0.05) is 30.4 Å². The van der Waals surface area contributed by atoms with Crippen LogP contribution in [0.3, 0.4) is 0 Å². The number of anilines is 1. The quantitative estimate of drug-likeness (QED) is 0.778. The largest absolute Gasteiger partial charge is 0.317 e. The van der Waals surface area contributed by atoms with E-state index >= 15 is 0 Å². The van der Waals surface area contributed by atoms with Crippen molar-refractivity contribution in [2.24, 2.45) is 0 Å². The maximum atomic E-state index is 13.1. The molecule has 0 saturated heterocycles. The molecule has 0 spiro atoms. The summed E-state index contributed by atoms with van der Waals surface area (Å²) >= 11 is 1.55. The highest BCUT2D eigenvalue weighted by molar-refractivity contribution is 7.16. The van der Waals surface area contributed by atoms with Crippen molar-refractivity contribution in [2.45, 2.75) is 51.1 Å². The lowest BCUT2D eigenvalue weighted by Crippen LogP contribution is -2.29. The lowest BCUT2D eigenvalue weighted by Gasteiger charge is -2.21. The molecule has 2 aliphatic rings. The van der Waals surface area contributed by atoms with E-state index in [2.05, 4.69) is 16.3 Å². The number of halogens is 1. The summed E-state index contributed by atoms with van der Waals surface area (Å²) in [7, 11) is 0. The van der Waals surface area contributed by atoms with Crippen molar-refractivity contribution in [1.29, 1.82) is 5.26 Å². The third-order valence-corrected chi connectivity index (χ3v) is 6.48. The summed E-state index contributed by atoms with van der Waals surface area (Å²) in [5, 5.41) is 13.1. The van der Waals surface area contributed by atoms with Crippen LogP contribution in [0.2, 0.25) is 0 Å². The van der Waals surface area contributed by atoms with Gasteiger partial charge in [-0.1, -0.05) is 12.1 Å². The molecule has 1 amide bonds. The fourth-order valence-corrected chi connectivity index (χ4v) is 4.96. The van der Waals surface area contributed by atoms with Gasteiger partial charge in [-0.05, 0) is 55.4 Å². The van der Waals surface area contributed by atoms with E-state index in [9.17, 15) is 14.4 Å². The number of nitrogens with zero attached hydrogens (tertiary/aromatic N) is 2. The fraction of sp³-hybridized carbons (Fsp3) is 0.429. The molecule has 1 heterocycles. The fourth-order valence-electron chi connectivity index (χ4n) is 3.70. The zero-order valence-corrected chi connectivity index (χ0v) is 15.9. The van der Waals surface area contributed by atoms with Crippen molar-refractivity contribution in [3.8, 4) is 6.07 Å². The number of benzene rings is 1. The number of nitrogens with one attached hydrogen (secondary N) is 1. The number of carbonyl (C=O) groups is 1. The van der Waals surface area contributed by atoms with E-state index in [1.54, 1.807) is 23.5 Å². The number of nitriles is 1. The molecule has 0 unspecified atom stereocenters. The molecule has 0 bridgehead atoms. The molecule has 1 fully saturated rings. The van der Waals surface area contributed by atoms with Crippen molar-refractivity contribution < 1.29 is 9.18 Å². The number of carbonyl (C=O) groups excluding carboxylic acids is 1. The van der Waals surface area contributed by atoms with Gasteiger partial charge in [0.25, 0.3) is 0 Å². The molecule has 2 aromatic rings. The Bertz CT molecular complexity index is 880. The Hall–Kier alpha value is -2.23. The normalized spacial score (nSPS) is 15.6. The van der Waals surface area contributed by atoms with E-state index in [-0.39, 0.29) is 11.7 Å². The maximum Gasteiger partial charge on any atom is 0.226 e. The van der Waals surface area contributed by atoms with Gasteiger partial charge in [-0.3, -0.25) is 9.69 Å². The molecule has 4 rings (SSSR count). The monoisotopic (exact) mass is 383 g/mol. The second kappa shape index (κ2) is 7.79. The predicted octanol–water partition coefficient (Wildman–Crippen LogP) is 4.24. The molecule has 1 aromatic heterocycles. The van der Waals surface area contributed by atoms with Crippen LogP contribution in [0.25, 0.3) is 0 Å². The van der Waals surface area contributed by atoms with Gasteiger partial charge in [0.05, 0.1) is 5.56 Å². The zero-order chi connectivity index (χ0) is 18.8. The van der Waals surface area contributed by atoms with Crippen LogP contribution < -0.4 is 5.32 Å². The Morgan fingerprint density at radius 2 is 2.07 bits per heavy atom. The third kappa shape index (κ3) is 4.20. The number of hydrogen-bond acceptors (Lipinski definition) is 4. The Kier molecular flexibility index (Phi) is 5.24. The average Bonchev–Trinajstić information content (AvgIpc) is 3.32. The molecule has 0 atom stereocenters. The van der Waals surface area contributed by atoms with Crippen LogP contribution in [0.1, 0.15) is 47.3 Å². The van der Waals surface area contributed by atoms with Crippen LogP contribution in [0.15, 0.2) is 24.3 Å². The molecule has 0 aliphatic heterocycles. The molecule has 4 nitrogen and oxygen atoms in total. The number of amides is 1. The highest BCUT2D eigenvalue weighted by Gasteiger charge is 2.29. The van der Waals surface area contributed by atoms with E-state index < -0.39 is 0 Å². The standard InChI is InChI=1S/C21H22FN3OS/c22-15-6-4-14(5-7-15)13-25(16-8-9-16)11-10-20(26)24-21-18(12-23)17-2-1-3-19(17)27-21/h4-7,16H,1-3,8-11,13H2,(H,24,26). The van der Waals surface area contributed by atoms with Crippen molar-refractivity contribution in [3.63, 3.8) is 0 Å². The highest BCUT2D eigenvalue weighted by atomic mass is 32.1. The molecular formula is C21H22FN3OS. The van der Waals surface area contributed by atoms with Gasteiger partial charge in [-0.2, -0.15) is 5.26 Å². The smallest absolute Gasteiger partial charge is 0.226 e. The summed E-state index contributed by atoms with van der Waals surface area (Å²) in [5.41, 5.74) is 2.85. The minimum Gasteiger partial charge on any atom is -0.317 e. The summed E-state index contributed by atoms with van der Waals surface area (Å²) in [5.74, 6) is -0.275. The number of thiophene rings is 1. The number of fused-ring (bicyclic) bond motifs is 1. The average molecular weight is 383 g/mol. The Balaban J connectivity index is 1.35. The van der Waals surface area contributed by atoms with Gasteiger partial charge >= 0.3 is 0 Å². The van der Waals surface area contributed by atoms with E-state index in [1.165, 1.54) is 17.0 Å². The first-order valence-corrected chi connectivity index (χ1v) is 10.3. The first-order valence-electron chi connectivity index (χ1n) is 9.47. The van der Waals surface area contributed by atoms with Gasteiger partial charge in [-0.15, -0.1) is 11.3 Å². The van der Waals surface area contributed by atoms with Gasteiger partial charge in [-0.25, -0.2) is 4.39 Å². The molecule has 6 heteroatoms. The summed E-state index contributed by atoms with van der Waals surface area (Å²) < 4.78 is 13.1. The predicted molar refractivity (Wildman–Crippen MR) is 104 cm³/mol. The van der Waals surface area contributed by atoms with Crippen LogP contribution in [0.5, 0.6) is 0 Å². The van der Waals surface area contributed by atoms with Gasteiger partial charge in [0.2, 0.25) is 5.91 Å². The van der Waals surface area contributed by atoms with Crippen LogP contribution >= 0.6 is 11.3 Å². The molecule has 2 aliphatic carbocycles. The first kappa shape index (κ1) is 18.1. The van der Waals surface area contributed by atoms with E-state index in [0.717, 1.165) is 49.8 Å². The molecule has 1 saturated carbocycles.